The highest BCUT2D eigenvalue weighted by atomic mass is 19.3. The molecule has 0 saturated carbocycles. The number of aryl methyl sites for hydroxylation is 1. The lowest BCUT2D eigenvalue weighted by atomic mass is 9.97. The van der Waals surface area contributed by atoms with Gasteiger partial charge in [0, 0.05) is 11.6 Å². The van der Waals surface area contributed by atoms with E-state index in [1.165, 1.54) is 5.56 Å². The van der Waals surface area contributed by atoms with E-state index in [9.17, 15) is 35.1 Å². The molecule has 0 bridgehead atoms. The summed E-state index contributed by atoms with van der Waals surface area (Å²) in [4.78, 5) is 0. The van der Waals surface area contributed by atoms with Gasteiger partial charge in [-0.25, -0.2) is 26.3 Å². The molecule has 0 atom stereocenters. The summed E-state index contributed by atoms with van der Waals surface area (Å²) in [6.07, 6.45) is -0.149. The van der Waals surface area contributed by atoms with E-state index < -0.39 is 63.5 Å². The highest BCUT2D eigenvalue weighted by molar-refractivity contribution is 5.71. The van der Waals surface area contributed by atoms with Crippen LogP contribution in [0, 0.1) is 34.9 Å². The van der Waals surface area contributed by atoms with Crippen LogP contribution in [-0.4, -0.2) is 0 Å². The molecule has 0 aliphatic rings. The van der Waals surface area contributed by atoms with E-state index in [4.69, 9.17) is 0 Å². The van der Waals surface area contributed by atoms with Gasteiger partial charge in [0.2, 0.25) is 0 Å². The van der Waals surface area contributed by atoms with Crippen LogP contribution < -0.4 is 4.74 Å². The van der Waals surface area contributed by atoms with Gasteiger partial charge >= 0.3 is 6.11 Å². The molecule has 0 aromatic heterocycles. The van der Waals surface area contributed by atoms with E-state index in [2.05, 4.69) is 23.8 Å². The molecule has 0 amide bonds. The Balaban J connectivity index is 1.33. The zero-order valence-corrected chi connectivity index (χ0v) is 23.9. The summed E-state index contributed by atoms with van der Waals surface area (Å²) in [6.45, 7) is 2.15. The van der Waals surface area contributed by atoms with Crippen LogP contribution in [0.4, 0.5) is 35.1 Å². The summed E-state index contributed by atoms with van der Waals surface area (Å²) in [7, 11) is 0. The lowest BCUT2D eigenvalue weighted by molar-refractivity contribution is -0.189. The minimum absolute atomic E-state index is 0.0107. The standard InChI is InChI=1S/C36H26F8O/c1-2-3-4-5-21-6-8-22(9-7-21)23-10-12-24(13-11-23)25-16-30(38)34(31(39)17-25)36(43,44)45-27-14-15-28(29(37)20-27)26-18-32(40)35(42)33(41)19-26/h6-20H,2-5H2,1H3. The lowest BCUT2D eigenvalue weighted by Crippen LogP contribution is -2.25. The van der Waals surface area contributed by atoms with Crippen LogP contribution in [0.2, 0.25) is 0 Å². The van der Waals surface area contributed by atoms with Crippen LogP contribution in [0.3, 0.4) is 0 Å². The molecule has 0 radical (unpaired) electrons. The monoisotopic (exact) mass is 626 g/mol. The fourth-order valence-corrected chi connectivity index (χ4v) is 5.02. The van der Waals surface area contributed by atoms with Gasteiger partial charge in [-0.3, -0.25) is 0 Å². The molecule has 5 rings (SSSR count). The Morgan fingerprint density at radius 2 is 1.04 bits per heavy atom. The van der Waals surface area contributed by atoms with Gasteiger partial charge in [0.1, 0.15) is 28.8 Å². The highest BCUT2D eigenvalue weighted by Crippen LogP contribution is 2.38. The summed E-state index contributed by atoms with van der Waals surface area (Å²) in [5, 5.41) is 0. The molecule has 0 spiro atoms. The molecule has 232 valence electrons. The Bertz CT molecular complexity index is 1770. The van der Waals surface area contributed by atoms with Gasteiger partial charge in [-0.1, -0.05) is 68.3 Å². The second-order valence-corrected chi connectivity index (χ2v) is 10.6. The predicted molar refractivity (Wildman–Crippen MR) is 157 cm³/mol. The van der Waals surface area contributed by atoms with Crippen molar-refractivity contribution in [1.29, 1.82) is 0 Å². The van der Waals surface area contributed by atoms with Crippen molar-refractivity contribution in [1.82, 2.24) is 0 Å². The maximum absolute atomic E-state index is 15.0. The number of ether oxygens (including phenoxy) is 1. The first-order valence-corrected chi connectivity index (χ1v) is 14.2. The first-order chi connectivity index (χ1) is 21.5. The van der Waals surface area contributed by atoms with Crippen LogP contribution in [0.5, 0.6) is 5.75 Å². The molecule has 0 N–H and O–H groups in total. The zero-order valence-electron chi connectivity index (χ0n) is 23.9. The van der Waals surface area contributed by atoms with Crippen LogP contribution in [0.1, 0.15) is 37.3 Å². The minimum Gasteiger partial charge on any atom is -0.429 e. The molecule has 5 aromatic rings. The van der Waals surface area contributed by atoms with E-state index in [0.29, 0.717) is 23.8 Å². The van der Waals surface area contributed by atoms with E-state index in [1.807, 2.05) is 12.1 Å². The SMILES string of the molecule is CCCCCc1ccc(-c2ccc(-c3cc(F)c(C(F)(F)Oc4ccc(-c5cc(F)c(F)c(F)c5)c(F)c4)c(F)c3)cc2)cc1. The van der Waals surface area contributed by atoms with Crippen molar-refractivity contribution in [3.63, 3.8) is 0 Å². The number of alkyl halides is 2. The van der Waals surface area contributed by atoms with Crippen LogP contribution in [-0.2, 0) is 12.5 Å². The van der Waals surface area contributed by atoms with Gasteiger partial charge in [0.05, 0.1) is 0 Å². The molecule has 45 heavy (non-hydrogen) atoms. The quantitative estimate of drug-likeness (QED) is 0.0852. The summed E-state index contributed by atoms with van der Waals surface area (Å²) in [5.41, 5.74) is 0.905. The molecule has 9 heteroatoms. The Morgan fingerprint density at radius 3 is 1.58 bits per heavy atom. The van der Waals surface area contributed by atoms with Crippen molar-refractivity contribution in [2.75, 3.05) is 0 Å². The van der Waals surface area contributed by atoms with E-state index in [-0.39, 0.29) is 5.56 Å². The molecule has 1 nitrogen and oxygen atoms in total. The number of hydrogen-bond acceptors (Lipinski definition) is 1. The second-order valence-electron chi connectivity index (χ2n) is 10.6. The Labute approximate surface area is 254 Å². The van der Waals surface area contributed by atoms with Gasteiger partial charge in [-0.15, -0.1) is 0 Å². The summed E-state index contributed by atoms with van der Waals surface area (Å²) >= 11 is 0. The summed E-state index contributed by atoms with van der Waals surface area (Å²) < 4.78 is 119. The number of benzene rings is 5. The molecular formula is C36H26F8O. The number of hydrogen-bond donors (Lipinski definition) is 0. The van der Waals surface area contributed by atoms with Gasteiger partial charge in [-0.05, 0) is 82.6 Å². The topological polar surface area (TPSA) is 9.23 Å². The number of halogens is 8. The lowest BCUT2D eigenvalue weighted by Gasteiger charge is -2.20. The summed E-state index contributed by atoms with van der Waals surface area (Å²) in [5.74, 6) is -10.2. The normalized spacial score (nSPS) is 11.6. The zero-order chi connectivity index (χ0) is 32.3. The third-order valence-corrected chi connectivity index (χ3v) is 7.39. The maximum Gasteiger partial charge on any atom is 0.432 e. The van der Waals surface area contributed by atoms with Crippen LogP contribution >= 0.6 is 0 Å². The Morgan fingerprint density at radius 1 is 0.533 bits per heavy atom. The Kier molecular flexibility index (Phi) is 9.27. The van der Waals surface area contributed by atoms with E-state index in [0.717, 1.165) is 61.1 Å². The third-order valence-electron chi connectivity index (χ3n) is 7.39. The third kappa shape index (κ3) is 7.03. The van der Waals surface area contributed by atoms with Crippen LogP contribution in [0.25, 0.3) is 33.4 Å². The first kappa shape index (κ1) is 31.8. The molecule has 0 fully saturated rings. The molecule has 0 aliphatic heterocycles. The van der Waals surface area contributed by atoms with Crippen LogP contribution in [0.15, 0.2) is 91.0 Å². The molecule has 0 aliphatic carbocycles. The second kappa shape index (κ2) is 13.1. The maximum atomic E-state index is 15.0. The van der Waals surface area contributed by atoms with Gasteiger partial charge in [0.15, 0.2) is 17.5 Å². The number of rotatable bonds is 10. The molecule has 5 aromatic carbocycles. The van der Waals surface area contributed by atoms with Crippen molar-refractivity contribution in [3.8, 4) is 39.1 Å². The number of unbranched alkanes of at least 4 members (excludes halogenated alkanes) is 2. The smallest absolute Gasteiger partial charge is 0.429 e. The largest absolute Gasteiger partial charge is 0.432 e. The molecule has 0 unspecified atom stereocenters. The van der Waals surface area contributed by atoms with Gasteiger partial charge in [0.25, 0.3) is 0 Å². The fourth-order valence-electron chi connectivity index (χ4n) is 5.02. The Hall–Kier alpha value is -4.66. The molecule has 0 heterocycles. The first-order valence-electron chi connectivity index (χ1n) is 14.2. The molecule has 0 saturated heterocycles. The average molecular weight is 627 g/mol. The average Bonchev–Trinajstić information content (AvgIpc) is 2.99. The minimum atomic E-state index is -4.57. The fraction of sp³-hybridized carbons (Fsp3) is 0.167. The van der Waals surface area contributed by atoms with E-state index in [1.54, 1.807) is 24.3 Å². The van der Waals surface area contributed by atoms with Crippen molar-refractivity contribution >= 4 is 0 Å². The predicted octanol–water partition coefficient (Wildman–Crippen LogP) is 11.4. The van der Waals surface area contributed by atoms with Gasteiger partial charge < -0.3 is 4.74 Å². The molecular weight excluding hydrogens is 600 g/mol. The highest BCUT2D eigenvalue weighted by Gasteiger charge is 2.41. The summed E-state index contributed by atoms with van der Waals surface area (Å²) in [6, 6.07) is 19.5. The van der Waals surface area contributed by atoms with Crippen molar-refractivity contribution < 1.29 is 39.9 Å². The van der Waals surface area contributed by atoms with Crippen molar-refractivity contribution in [3.05, 3.63) is 137 Å². The van der Waals surface area contributed by atoms with Gasteiger partial charge in [-0.2, -0.15) is 8.78 Å². The van der Waals surface area contributed by atoms with Crippen molar-refractivity contribution in [2.24, 2.45) is 0 Å². The van der Waals surface area contributed by atoms with Crippen molar-refractivity contribution in [2.45, 2.75) is 38.7 Å². The van der Waals surface area contributed by atoms with E-state index >= 15 is 0 Å².